The molecule has 0 radical (unpaired) electrons. The summed E-state index contributed by atoms with van der Waals surface area (Å²) >= 11 is 0. The van der Waals surface area contributed by atoms with Crippen LogP contribution in [0.25, 0.3) is 83.9 Å². The summed E-state index contributed by atoms with van der Waals surface area (Å²) in [5, 5.41) is 2.52. The van der Waals surface area contributed by atoms with Gasteiger partial charge in [-0.1, -0.05) is 164 Å². The third kappa shape index (κ3) is 4.27. The van der Waals surface area contributed by atoms with Gasteiger partial charge >= 0.3 is 0 Å². The van der Waals surface area contributed by atoms with Gasteiger partial charge in [0.2, 0.25) is 0 Å². The molecule has 0 N–H and O–H groups in total. The summed E-state index contributed by atoms with van der Waals surface area (Å²) < 4.78 is 2.48. The molecule has 2 aliphatic rings. The van der Waals surface area contributed by atoms with Crippen molar-refractivity contribution in [1.82, 2.24) is 19.5 Å². The first-order chi connectivity index (χ1) is 27.8. The van der Waals surface area contributed by atoms with Crippen LogP contribution in [0, 0.1) is 0 Å². The molecular formula is C52H32N4. The molecule has 0 fully saturated rings. The first-order valence-corrected chi connectivity index (χ1v) is 19.1. The molecule has 0 unspecified atom stereocenters. The Hall–Kier alpha value is -7.43. The predicted octanol–water partition coefficient (Wildman–Crippen LogP) is 12.3. The lowest BCUT2D eigenvalue weighted by Crippen LogP contribution is -2.33. The van der Waals surface area contributed by atoms with E-state index < -0.39 is 5.41 Å². The van der Waals surface area contributed by atoms with E-state index in [4.69, 9.17) is 15.0 Å². The van der Waals surface area contributed by atoms with E-state index in [9.17, 15) is 0 Å². The Morgan fingerprint density at radius 2 is 0.857 bits per heavy atom. The van der Waals surface area contributed by atoms with Crippen LogP contribution in [-0.4, -0.2) is 19.5 Å². The standard InChI is InChI=1S/C52H32N4/c1-3-15-33(16-4-1)35-19-13-20-36(31-35)50-53-49(34-17-5-2-6-18-34)54-51(55-50)37-29-30-47-45(32-37)52(42-25-10-7-21-38(42)39-22-8-11-26-43(39)52)44-27-14-24-41-40-23-9-12-28-46(40)56(47)48(41)44/h1-32H. The highest BCUT2D eigenvalue weighted by atomic mass is 15.0. The van der Waals surface area contributed by atoms with Gasteiger partial charge in [-0.15, -0.1) is 0 Å². The number of hydrogen-bond acceptors (Lipinski definition) is 3. The number of fused-ring (bicyclic) bond motifs is 12. The van der Waals surface area contributed by atoms with Crippen molar-refractivity contribution in [3.05, 3.63) is 216 Å². The summed E-state index contributed by atoms with van der Waals surface area (Å²) in [5.41, 5.74) is 15.8. The molecule has 4 nitrogen and oxygen atoms in total. The summed E-state index contributed by atoms with van der Waals surface area (Å²) in [5.74, 6) is 1.92. The van der Waals surface area contributed by atoms with Gasteiger partial charge in [0.05, 0.1) is 22.1 Å². The van der Waals surface area contributed by atoms with Crippen molar-refractivity contribution < 1.29 is 0 Å². The van der Waals surface area contributed by atoms with Crippen molar-refractivity contribution in [2.75, 3.05) is 0 Å². The van der Waals surface area contributed by atoms with Crippen LogP contribution in [0.4, 0.5) is 0 Å². The second kappa shape index (κ2) is 11.8. The Morgan fingerprint density at radius 1 is 0.339 bits per heavy atom. The summed E-state index contributed by atoms with van der Waals surface area (Å²) in [6.07, 6.45) is 0. The number of aromatic nitrogens is 4. The first-order valence-electron chi connectivity index (χ1n) is 19.1. The molecule has 1 aliphatic heterocycles. The highest BCUT2D eigenvalue weighted by Gasteiger charge is 2.50. The highest BCUT2D eigenvalue weighted by Crippen LogP contribution is 2.61. The molecule has 12 rings (SSSR count). The van der Waals surface area contributed by atoms with Gasteiger partial charge in [-0.3, -0.25) is 0 Å². The van der Waals surface area contributed by atoms with E-state index in [2.05, 4.69) is 174 Å². The van der Waals surface area contributed by atoms with Crippen molar-refractivity contribution >= 4 is 21.8 Å². The minimum Gasteiger partial charge on any atom is -0.309 e. The zero-order chi connectivity index (χ0) is 36.8. The molecule has 2 aromatic heterocycles. The fourth-order valence-corrected chi connectivity index (χ4v) is 9.52. The lowest BCUT2D eigenvalue weighted by molar-refractivity contribution is 0.748. The second-order valence-corrected chi connectivity index (χ2v) is 14.7. The fourth-order valence-electron chi connectivity index (χ4n) is 9.52. The lowest BCUT2D eigenvalue weighted by atomic mass is 9.65. The molecule has 3 heterocycles. The minimum absolute atomic E-state index is 0.565. The number of rotatable bonds is 4. The van der Waals surface area contributed by atoms with Crippen LogP contribution in [0.2, 0.25) is 0 Å². The van der Waals surface area contributed by atoms with Crippen molar-refractivity contribution in [3.63, 3.8) is 0 Å². The summed E-state index contributed by atoms with van der Waals surface area (Å²) in [7, 11) is 0. The van der Waals surface area contributed by atoms with Crippen LogP contribution < -0.4 is 0 Å². The topological polar surface area (TPSA) is 43.6 Å². The Labute approximate surface area is 324 Å². The van der Waals surface area contributed by atoms with Crippen molar-refractivity contribution in [3.8, 4) is 62.1 Å². The van der Waals surface area contributed by atoms with Crippen LogP contribution in [-0.2, 0) is 5.41 Å². The summed E-state index contributed by atoms with van der Waals surface area (Å²) in [6.45, 7) is 0. The molecule has 260 valence electrons. The number of benzene rings is 8. The lowest BCUT2D eigenvalue weighted by Gasteiger charge is -2.39. The van der Waals surface area contributed by atoms with E-state index in [0.717, 1.165) is 27.8 Å². The van der Waals surface area contributed by atoms with Gasteiger partial charge in [0.1, 0.15) is 0 Å². The van der Waals surface area contributed by atoms with E-state index >= 15 is 0 Å². The molecular weight excluding hydrogens is 681 g/mol. The van der Waals surface area contributed by atoms with Gasteiger partial charge in [0, 0.05) is 27.5 Å². The Bertz CT molecular complexity index is 3150. The largest absolute Gasteiger partial charge is 0.309 e. The Morgan fingerprint density at radius 3 is 1.59 bits per heavy atom. The van der Waals surface area contributed by atoms with Crippen LogP contribution in [0.5, 0.6) is 0 Å². The van der Waals surface area contributed by atoms with E-state index in [1.165, 1.54) is 60.9 Å². The second-order valence-electron chi connectivity index (χ2n) is 14.7. The van der Waals surface area contributed by atoms with Crippen molar-refractivity contribution in [2.45, 2.75) is 5.41 Å². The maximum atomic E-state index is 5.28. The Balaban J connectivity index is 1.16. The molecule has 0 amide bonds. The zero-order valence-corrected chi connectivity index (χ0v) is 30.3. The molecule has 0 bridgehead atoms. The highest BCUT2D eigenvalue weighted by molar-refractivity contribution is 6.13. The van der Waals surface area contributed by atoms with Crippen LogP contribution in [0.3, 0.4) is 0 Å². The molecule has 1 aliphatic carbocycles. The number of para-hydroxylation sites is 2. The first kappa shape index (κ1) is 31.0. The monoisotopic (exact) mass is 712 g/mol. The maximum absolute atomic E-state index is 5.28. The molecule has 0 saturated carbocycles. The fraction of sp³-hybridized carbons (Fsp3) is 0.0192. The average Bonchev–Trinajstić information content (AvgIpc) is 3.77. The molecule has 10 aromatic rings. The number of nitrogens with zero attached hydrogens (tertiary/aromatic N) is 4. The zero-order valence-electron chi connectivity index (χ0n) is 30.3. The van der Waals surface area contributed by atoms with E-state index in [1.54, 1.807) is 0 Å². The quantitative estimate of drug-likeness (QED) is 0.182. The SMILES string of the molecule is c1ccc(-c2cccc(-c3nc(-c4ccccc4)nc(-c4ccc5c(c4)C4(c6ccccc6-c6ccccc64)c4cccc6c7ccccc7n-5c46)n3)c2)cc1. The third-order valence-corrected chi connectivity index (χ3v) is 11.8. The van der Waals surface area contributed by atoms with Gasteiger partial charge in [-0.25, -0.2) is 15.0 Å². The summed E-state index contributed by atoms with van der Waals surface area (Å²) in [4.78, 5) is 15.6. The van der Waals surface area contributed by atoms with Gasteiger partial charge in [-0.2, -0.15) is 0 Å². The smallest absolute Gasteiger partial charge is 0.164 e. The van der Waals surface area contributed by atoms with Gasteiger partial charge in [-0.05, 0) is 74.8 Å². The van der Waals surface area contributed by atoms with Crippen LogP contribution in [0.1, 0.15) is 22.3 Å². The van der Waals surface area contributed by atoms with Crippen LogP contribution in [0.15, 0.2) is 194 Å². The maximum Gasteiger partial charge on any atom is 0.164 e. The van der Waals surface area contributed by atoms with Gasteiger partial charge < -0.3 is 4.57 Å². The summed E-state index contributed by atoms with van der Waals surface area (Å²) in [6, 6.07) is 69.6. The minimum atomic E-state index is -0.565. The molecule has 8 aromatic carbocycles. The van der Waals surface area contributed by atoms with E-state index in [0.29, 0.717) is 17.5 Å². The van der Waals surface area contributed by atoms with Gasteiger partial charge in [0.25, 0.3) is 0 Å². The van der Waals surface area contributed by atoms with Crippen LogP contribution >= 0.6 is 0 Å². The van der Waals surface area contributed by atoms with Crippen molar-refractivity contribution in [1.29, 1.82) is 0 Å². The Kier molecular flexibility index (Phi) is 6.52. The van der Waals surface area contributed by atoms with Gasteiger partial charge in [0.15, 0.2) is 17.5 Å². The molecule has 0 saturated heterocycles. The third-order valence-electron chi connectivity index (χ3n) is 11.8. The van der Waals surface area contributed by atoms with Crippen molar-refractivity contribution in [2.24, 2.45) is 0 Å². The van der Waals surface area contributed by atoms with E-state index in [1.807, 2.05) is 24.3 Å². The molecule has 1 spiro atoms. The molecule has 56 heavy (non-hydrogen) atoms. The predicted molar refractivity (Wildman–Crippen MR) is 227 cm³/mol. The number of hydrogen-bond donors (Lipinski definition) is 0. The molecule has 4 heteroatoms. The van der Waals surface area contributed by atoms with E-state index in [-0.39, 0.29) is 0 Å². The normalized spacial score (nSPS) is 13.1. The molecule has 0 atom stereocenters. The average molecular weight is 713 g/mol.